The highest BCUT2D eigenvalue weighted by Crippen LogP contribution is 2.34. The summed E-state index contributed by atoms with van der Waals surface area (Å²) in [6.07, 6.45) is -3.15. The van der Waals surface area contributed by atoms with Crippen molar-refractivity contribution in [1.82, 2.24) is 14.7 Å². The molecule has 0 spiro atoms. The standard InChI is InChI=1S/C12H10ClF3N4O2S/c13-8-3-1-7(2-4-8)11(12(14,15)16)20-23(21,22)10-6-18-9(17)5-19-10/h1-6,11,20H,(H2,17,18)/t11-/m1/s1. The normalized spacial score (nSPS) is 13.7. The van der Waals surface area contributed by atoms with Crippen molar-refractivity contribution in [3.8, 4) is 0 Å². The molecule has 11 heteroatoms. The van der Waals surface area contributed by atoms with Gasteiger partial charge in [-0.3, -0.25) is 5.41 Å². The van der Waals surface area contributed by atoms with Gasteiger partial charge in [0.2, 0.25) is 0 Å². The van der Waals surface area contributed by atoms with Crippen LogP contribution >= 0.6 is 11.6 Å². The first-order valence-corrected chi connectivity index (χ1v) is 7.89. The minimum absolute atomic E-state index is 0.186. The van der Waals surface area contributed by atoms with Gasteiger partial charge in [-0.1, -0.05) is 23.7 Å². The van der Waals surface area contributed by atoms with Crippen LogP contribution < -0.4 is 10.2 Å². The van der Waals surface area contributed by atoms with Gasteiger partial charge in [0.1, 0.15) is 11.5 Å². The quantitative estimate of drug-likeness (QED) is 0.773. The fourth-order valence-electron chi connectivity index (χ4n) is 1.68. The van der Waals surface area contributed by atoms with E-state index < -0.39 is 27.3 Å². The maximum absolute atomic E-state index is 13.2. The summed E-state index contributed by atoms with van der Waals surface area (Å²) in [5, 5.41) is 6.73. The summed E-state index contributed by atoms with van der Waals surface area (Å²) in [7, 11) is -4.55. The van der Waals surface area contributed by atoms with E-state index in [0.717, 1.165) is 24.5 Å². The minimum atomic E-state index is -4.86. The van der Waals surface area contributed by atoms with Crippen LogP contribution in [0, 0.1) is 5.41 Å². The minimum Gasteiger partial charge on any atom is -0.343 e. The number of aromatic amines is 1. The summed E-state index contributed by atoms with van der Waals surface area (Å²) in [6.45, 7) is 0. The van der Waals surface area contributed by atoms with Crippen LogP contribution in [0.4, 0.5) is 13.2 Å². The summed E-state index contributed by atoms with van der Waals surface area (Å²) < 4.78 is 65.3. The van der Waals surface area contributed by atoms with Crippen molar-refractivity contribution >= 4 is 21.6 Å². The molecular weight excluding hydrogens is 357 g/mol. The van der Waals surface area contributed by atoms with Crippen LogP contribution in [0.2, 0.25) is 5.02 Å². The number of halogens is 4. The van der Waals surface area contributed by atoms with Gasteiger partial charge in [-0.25, -0.2) is 13.4 Å². The second-order valence-corrected chi connectivity index (χ2v) is 6.54. The number of nitrogens with one attached hydrogen (secondary N) is 3. The van der Waals surface area contributed by atoms with Crippen molar-refractivity contribution in [1.29, 1.82) is 5.41 Å². The van der Waals surface area contributed by atoms with E-state index in [1.165, 1.54) is 12.1 Å². The second kappa shape index (κ2) is 6.30. The lowest BCUT2D eigenvalue weighted by Crippen LogP contribution is -2.38. The maximum Gasteiger partial charge on any atom is 0.408 e. The van der Waals surface area contributed by atoms with Gasteiger partial charge in [-0.05, 0) is 17.7 Å². The van der Waals surface area contributed by atoms with Gasteiger partial charge in [0, 0.05) is 11.2 Å². The highest BCUT2D eigenvalue weighted by Gasteiger charge is 2.43. The lowest BCUT2D eigenvalue weighted by Gasteiger charge is -2.21. The van der Waals surface area contributed by atoms with Gasteiger partial charge in [-0.2, -0.15) is 17.9 Å². The molecule has 1 heterocycles. The molecule has 0 radical (unpaired) electrons. The number of benzene rings is 1. The molecule has 1 aromatic carbocycles. The smallest absolute Gasteiger partial charge is 0.343 e. The van der Waals surface area contributed by atoms with Gasteiger partial charge in [-0.15, -0.1) is 0 Å². The van der Waals surface area contributed by atoms with Crippen molar-refractivity contribution in [3.05, 3.63) is 52.7 Å². The third-order valence-corrected chi connectivity index (χ3v) is 4.32. The summed E-state index contributed by atoms with van der Waals surface area (Å²) >= 11 is 5.62. The van der Waals surface area contributed by atoms with E-state index in [0.29, 0.717) is 0 Å². The number of nitrogens with zero attached hydrogens (tertiary/aromatic N) is 1. The molecule has 0 aliphatic rings. The monoisotopic (exact) mass is 366 g/mol. The Hall–Kier alpha value is -1.91. The number of aromatic nitrogens is 2. The Morgan fingerprint density at radius 1 is 1.26 bits per heavy atom. The van der Waals surface area contributed by atoms with Crippen LogP contribution in [0.15, 0.2) is 41.7 Å². The summed E-state index contributed by atoms with van der Waals surface area (Å²) in [5.74, 6) is 0. The van der Waals surface area contributed by atoms with Crippen LogP contribution in [0.1, 0.15) is 11.6 Å². The molecule has 0 aliphatic heterocycles. The van der Waals surface area contributed by atoms with Gasteiger partial charge < -0.3 is 4.98 Å². The highest BCUT2D eigenvalue weighted by molar-refractivity contribution is 7.89. The number of rotatable bonds is 4. The zero-order chi connectivity index (χ0) is 17.3. The van der Waals surface area contributed by atoms with E-state index >= 15 is 0 Å². The summed E-state index contributed by atoms with van der Waals surface area (Å²) in [4.78, 5) is 5.69. The first-order chi connectivity index (χ1) is 10.6. The average molecular weight is 367 g/mol. The number of alkyl halides is 3. The van der Waals surface area contributed by atoms with E-state index in [1.54, 1.807) is 4.72 Å². The van der Waals surface area contributed by atoms with Crippen LogP contribution in [-0.4, -0.2) is 24.6 Å². The molecular formula is C12H10ClF3N4O2S. The Balaban J connectivity index is 2.40. The third-order valence-electron chi connectivity index (χ3n) is 2.75. The molecule has 0 bridgehead atoms. The zero-order valence-corrected chi connectivity index (χ0v) is 12.8. The topological polar surface area (TPSA) is 98.7 Å². The van der Waals surface area contributed by atoms with Crippen LogP contribution in [0.25, 0.3) is 0 Å². The molecule has 2 aromatic rings. The lowest BCUT2D eigenvalue weighted by atomic mass is 10.1. The van der Waals surface area contributed by atoms with Crippen molar-refractivity contribution in [2.45, 2.75) is 17.2 Å². The summed E-state index contributed by atoms with van der Waals surface area (Å²) in [6, 6.07) is 2.16. The number of hydrogen-bond donors (Lipinski definition) is 3. The average Bonchev–Trinajstić information content (AvgIpc) is 2.45. The molecule has 0 aliphatic carbocycles. The molecule has 1 aromatic heterocycles. The number of hydrogen-bond acceptors (Lipinski definition) is 4. The van der Waals surface area contributed by atoms with Crippen molar-refractivity contribution in [3.63, 3.8) is 0 Å². The Bertz CT molecular complexity index is 829. The SMILES string of the molecule is N=c1cnc(S(=O)(=O)N[C@H](c2ccc(Cl)cc2)C(F)(F)F)c[nH]1. The van der Waals surface area contributed by atoms with Crippen molar-refractivity contribution in [2.24, 2.45) is 0 Å². The van der Waals surface area contributed by atoms with Crippen molar-refractivity contribution < 1.29 is 21.6 Å². The van der Waals surface area contributed by atoms with Gasteiger partial charge in [0.25, 0.3) is 10.0 Å². The molecule has 23 heavy (non-hydrogen) atoms. The number of sulfonamides is 1. The van der Waals surface area contributed by atoms with Crippen LogP contribution in [-0.2, 0) is 10.0 Å². The zero-order valence-electron chi connectivity index (χ0n) is 11.2. The molecule has 124 valence electrons. The molecule has 0 amide bonds. The fraction of sp³-hybridized carbons (Fsp3) is 0.167. The fourth-order valence-corrected chi connectivity index (χ4v) is 2.92. The second-order valence-electron chi connectivity index (χ2n) is 4.45. The third kappa shape index (κ3) is 4.30. The van der Waals surface area contributed by atoms with E-state index in [1.807, 2.05) is 0 Å². The van der Waals surface area contributed by atoms with Gasteiger partial charge >= 0.3 is 6.18 Å². The molecule has 3 N–H and O–H groups in total. The predicted octanol–water partition coefficient (Wildman–Crippen LogP) is 2.12. The van der Waals surface area contributed by atoms with Crippen molar-refractivity contribution in [2.75, 3.05) is 0 Å². The molecule has 0 saturated carbocycles. The first kappa shape index (κ1) is 17.4. The maximum atomic E-state index is 13.2. The van der Waals surface area contributed by atoms with E-state index in [9.17, 15) is 21.6 Å². The highest BCUT2D eigenvalue weighted by atomic mass is 35.5. The molecule has 1 atom stereocenters. The molecule has 0 unspecified atom stereocenters. The van der Waals surface area contributed by atoms with E-state index in [-0.39, 0.29) is 16.1 Å². The van der Waals surface area contributed by atoms with Gasteiger partial charge in [0.15, 0.2) is 5.03 Å². The Labute approximate surface area is 133 Å². The first-order valence-electron chi connectivity index (χ1n) is 6.03. The Morgan fingerprint density at radius 3 is 2.35 bits per heavy atom. The largest absolute Gasteiger partial charge is 0.408 e. The predicted molar refractivity (Wildman–Crippen MR) is 75.0 cm³/mol. The number of H-pyrrole nitrogens is 1. The van der Waals surface area contributed by atoms with E-state index in [4.69, 9.17) is 17.0 Å². The molecule has 6 nitrogen and oxygen atoms in total. The molecule has 2 rings (SSSR count). The summed E-state index contributed by atoms with van der Waals surface area (Å²) in [5.41, 5.74) is -0.499. The molecule has 0 saturated heterocycles. The van der Waals surface area contributed by atoms with Crippen LogP contribution in [0.3, 0.4) is 0 Å². The van der Waals surface area contributed by atoms with E-state index in [2.05, 4.69) is 9.97 Å². The Kier molecular flexibility index (Phi) is 4.78. The lowest BCUT2D eigenvalue weighted by molar-refractivity contribution is -0.153. The van der Waals surface area contributed by atoms with Crippen LogP contribution in [0.5, 0.6) is 0 Å². The Morgan fingerprint density at radius 2 is 1.87 bits per heavy atom. The van der Waals surface area contributed by atoms with Gasteiger partial charge in [0.05, 0.1) is 6.20 Å². The molecule has 0 fully saturated rings.